The SMILES string of the molecule is C=CCN(CCNS)CCc1ccc(NC)cc1. The maximum absolute atomic E-state index is 4.01. The van der Waals surface area contributed by atoms with E-state index in [2.05, 4.69) is 58.6 Å². The van der Waals surface area contributed by atoms with Crippen LogP contribution in [0.2, 0.25) is 0 Å². The number of hydrogen-bond acceptors (Lipinski definition) is 4. The molecule has 0 bridgehead atoms. The van der Waals surface area contributed by atoms with Gasteiger partial charge in [0.15, 0.2) is 0 Å². The molecule has 0 aromatic heterocycles. The van der Waals surface area contributed by atoms with Gasteiger partial charge in [-0.25, -0.2) is 0 Å². The molecule has 1 rings (SSSR count). The quantitative estimate of drug-likeness (QED) is 0.472. The molecule has 2 N–H and O–H groups in total. The highest BCUT2D eigenvalue weighted by Crippen LogP contribution is 2.09. The first-order valence-corrected chi connectivity index (χ1v) is 6.71. The van der Waals surface area contributed by atoms with Gasteiger partial charge in [0.25, 0.3) is 0 Å². The predicted molar refractivity (Wildman–Crippen MR) is 83.3 cm³/mol. The zero-order chi connectivity index (χ0) is 13.2. The number of nitrogens with zero attached hydrogens (tertiary/aromatic N) is 1. The molecule has 3 nitrogen and oxygen atoms in total. The lowest BCUT2D eigenvalue weighted by molar-refractivity contribution is 0.312. The zero-order valence-corrected chi connectivity index (χ0v) is 11.9. The lowest BCUT2D eigenvalue weighted by Crippen LogP contribution is -2.31. The smallest absolute Gasteiger partial charge is 0.0337 e. The van der Waals surface area contributed by atoms with Crippen LogP contribution in [0.5, 0.6) is 0 Å². The van der Waals surface area contributed by atoms with Crippen LogP contribution < -0.4 is 10.0 Å². The normalized spacial score (nSPS) is 10.6. The van der Waals surface area contributed by atoms with Crippen molar-refractivity contribution in [1.82, 2.24) is 9.62 Å². The van der Waals surface area contributed by atoms with Crippen molar-refractivity contribution in [1.29, 1.82) is 0 Å². The third-order valence-electron chi connectivity index (χ3n) is 2.89. The van der Waals surface area contributed by atoms with Gasteiger partial charge in [-0.1, -0.05) is 31.0 Å². The molecule has 1 aromatic carbocycles. The molecule has 1 aromatic rings. The van der Waals surface area contributed by atoms with E-state index in [9.17, 15) is 0 Å². The summed E-state index contributed by atoms with van der Waals surface area (Å²) in [5.74, 6) is 0. The first kappa shape index (κ1) is 15.1. The molecule has 18 heavy (non-hydrogen) atoms. The Labute approximate surface area is 116 Å². The summed E-state index contributed by atoms with van der Waals surface area (Å²) in [5, 5.41) is 3.13. The molecule has 0 aliphatic carbocycles. The minimum Gasteiger partial charge on any atom is -0.388 e. The van der Waals surface area contributed by atoms with Crippen molar-refractivity contribution in [2.24, 2.45) is 0 Å². The number of nitrogens with one attached hydrogen (secondary N) is 2. The third-order valence-corrected chi connectivity index (χ3v) is 3.11. The first-order valence-electron chi connectivity index (χ1n) is 6.27. The van der Waals surface area contributed by atoms with Crippen LogP contribution in [0.4, 0.5) is 5.69 Å². The number of benzene rings is 1. The molecule has 0 atom stereocenters. The molecule has 0 fully saturated rings. The second-order valence-corrected chi connectivity index (χ2v) is 4.51. The fourth-order valence-electron chi connectivity index (χ4n) is 1.81. The Morgan fingerprint density at radius 1 is 1.28 bits per heavy atom. The summed E-state index contributed by atoms with van der Waals surface area (Å²) in [4.78, 5) is 2.36. The van der Waals surface area contributed by atoms with E-state index in [0.29, 0.717) is 0 Å². The Morgan fingerprint density at radius 3 is 2.56 bits per heavy atom. The maximum Gasteiger partial charge on any atom is 0.0337 e. The van der Waals surface area contributed by atoms with E-state index in [1.807, 2.05) is 13.1 Å². The molecular formula is C14H23N3S. The average molecular weight is 265 g/mol. The fourth-order valence-corrected chi connectivity index (χ4v) is 1.91. The van der Waals surface area contributed by atoms with Crippen molar-refractivity contribution in [3.8, 4) is 0 Å². The van der Waals surface area contributed by atoms with Gasteiger partial charge in [0.05, 0.1) is 0 Å². The third kappa shape index (κ3) is 5.58. The maximum atomic E-state index is 4.01. The molecule has 0 spiro atoms. The number of thiol groups is 1. The molecule has 0 saturated carbocycles. The largest absolute Gasteiger partial charge is 0.388 e. The van der Waals surface area contributed by atoms with Crippen LogP contribution in [-0.4, -0.2) is 38.1 Å². The molecule has 100 valence electrons. The van der Waals surface area contributed by atoms with Gasteiger partial charge in [-0.2, -0.15) is 0 Å². The topological polar surface area (TPSA) is 27.3 Å². The van der Waals surface area contributed by atoms with Crippen LogP contribution in [-0.2, 0) is 6.42 Å². The average Bonchev–Trinajstić information content (AvgIpc) is 2.42. The van der Waals surface area contributed by atoms with Crippen LogP contribution in [0.3, 0.4) is 0 Å². The van der Waals surface area contributed by atoms with Gasteiger partial charge in [0, 0.05) is 38.9 Å². The van der Waals surface area contributed by atoms with E-state index < -0.39 is 0 Å². The van der Waals surface area contributed by atoms with Gasteiger partial charge in [0.1, 0.15) is 0 Å². The second kappa shape index (κ2) is 9.03. The van der Waals surface area contributed by atoms with Gasteiger partial charge in [0.2, 0.25) is 0 Å². The molecule has 0 saturated heterocycles. The van der Waals surface area contributed by atoms with Gasteiger partial charge in [-0.05, 0) is 24.1 Å². The van der Waals surface area contributed by atoms with Crippen molar-refractivity contribution in [2.45, 2.75) is 6.42 Å². The van der Waals surface area contributed by atoms with Crippen molar-refractivity contribution in [2.75, 3.05) is 38.5 Å². The summed E-state index contributed by atoms with van der Waals surface area (Å²) in [6.07, 6.45) is 3.01. The fraction of sp³-hybridized carbons (Fsp3) is 0.429. The highest BCUT2D eigenvalue weighted by Gasteiger charge is 2.02. The van der Waals surface area contributed by atoms with E-state index in [0.717, 1.165) is 38.3 Å². The summed E-state index contributed by atoms with van der Waals surface area (Å²) in [7, 11) is 1.94. The Balaban J connectivity index is 2.41. The van der Waals surface area contributed by atoms with Crippen LogP contribution >= 0.6 is 12.8 Å². The van der Waals surface area contributed by atoms with E-state index in [1.54, 1.807) is 0 Å². The minimum absolute atomic E-state index is 0.885. The van der Waals surface area contributed by atoms with Crippen LogP contribution in [0.25, 0.3) is 0 Å². The van der Waals surface area contributed by atoms with Crippen molar-refractivity contribution >= 4 is 18.5 Å². The number of anilines is 1. The molecule has 0 amide bonds. The Bertz CT molecular complexity index is 337. The summed E-state index contributed by atoms with van der Waals surface area (Å²) in [6.45, 7) is 7.63. The highest BCUT2D eigenvalue weighted by molar-refractivity contribution is 7.78. The van der Waals surface area contributed by atoms with E-state index >= 15 is 0 Å². The first-order chi connectivity index (χ1) is 8.80. The van der Waals surface area contributed by atoms with Gasteiger partial charge in [-0.3, -0.25) is 9.62 Å². The lowest BCUT2D eigenvalue weighted by atomic mass is 10.1. The second-order valence-electron chi connectivity index (χ2n) is 4.19. The Kier molecular flexibility index (Phi) is 7.57. The molecule has 0 radical (unpaired) electrons. The summed E-state index contributed by atoms with van der Waals surface area (Å²) in [6, 6.07) is 8.58. The van der Waals surface area contributed by atoms with Crippen LogP contribution in [0, 0.1) is 0 Å². The summed E-state index contributed by atoms with van der Waals surface area (Å²) in [5.41, 5.74) is 2.52. The van der Waals surface area contributed by atoms with Gasteiger partial charge >= 0.3 is 0 Å². The van der Waals surface area contributed by atoms with E-state index in [4.69, 9.17) is 0 Å². The molecule has 0 unspecified atom stereocenters. The van der Waals surface area contributed by atoms with Gasteiger partial charge in [-0.15, -0.1) is 6.58 Å². The highest BCUT2D eigenvalue weighted by atomic mass is 32.1. The van der Waals surface area contributed by atoms with Crippen LogP contribution in [0.1, 0.15) is 5.56 Å². The Hall–Kier alpha value is -0.970. The minimum atomic E-state index is 0.885. The zero-order valence-electron chi connectivity index (χ0n) is 11.0. The van der Waals surface area contributed by atoms with Crippen molar-refractivity contribution in [3.05, 3.63) is 42.5 Å². The van der Waals surface area contributed by atoms with E-state index in [-0.39, 0.29) is 0 Å². The molecule has 0 aliphatic rings. The predicted octanol–water partition coefficient (Wildman–Crippen LogP) is 2.19. The molecule has 0 heterocycles. The van der Waals surface area contributed by atoms with Crippen molar-refractivity contribution < 1.29 is 0 Å². The number of rotatable bonds is 9. The number of hydrogen-bond donors (Lipinski definition) is 3. The van der Waals surface area contributed by atoms with E-state index in [1.165, 1.54) is 5.56 Å². The standard InChI is InChI=1S/C14H23N3S/c1-3-10-17(12-9-16-18)11-8-13-4-6-14(15-2)7-5-13/h3-7,15-16,18H,1,8-12H2,2H3. The molecule has 4 heteroatoms. The monoisotopic (exact) mass is 265 g/mol. The van der Waals surface area contributed by atoms with Crippen molar-refractivity contribution in [3.63, 3.8) is 0 Å². The molecule has 0 aliphatic heterocycles. The van der Waals surface area contributed by atoms with Crippen LogP contribution in [0.15, 0.2) is 36.9 Å². The summed E-state index contributed by atoms with van der Waals surface area (Å²) >= 11 is 4.01. The summed E-state index contributed by atoms with van der Waals surface area (Å²) < 4.78 is 2.88. The Morgan fingerprint density at radius 2 is 2.00 bits per heavy atom. The molecular weight excluding hydrogens is 242 g/mol. The van der Waals surface area contributed by atoms with Gasteiger partial charge < -0.3 is 5.32 Å². The lowest BCUT2D eigenvalue weighted by Gasteiger charge is -2.20.